The van der Waals surface area contributed by atoms with Gasteiger partial charge in [-0.25, -0.2) is 4.79 Å². The van der Waals surface area contributed by atoms with Crippen LogP contribution < -0.4 is 5.32 Å². The lowest BCUT2D eigenvalue weighted by Gasteiger charge is -2.04. The number of aromatic nitrogens is 1. The van der Waals surface area contributed by atoms with Crippen LogP contribution in [-0.2, 0) is 11.2 Å². The summed E-state index contributed by atoms with van der Waals surface area (Å²) in [6.45, 7) is 1.75. The zero-order chi connectivity index (χ0) is 15.4. The van der Waals surface area contributed by atoms with Gasteiger partial charge < -0.3 is 15.4 Å². The van der Waals surface area contributed by atoms with Gasteiger partial charge in [-0.15, -0.1) is 11.3 Å². The minimum absolute atomic E-state index is 0.0167. The predicted molar refractivity (Wildman–Crippen MR) is 86.1 cm³/mol. The molecule has 0 spiro atoms. The highest BCUT2D eigenvalue weighted by Crippen LogP contribution is 2.23. The van der Waals surface area contributed by atoms with Crippen molar-refractivity contribution in [2.24, 2.45) is 0 Å². The third kappa shape index (κ3) is 4.44. The lowest BCUT2D eigenvalue weighted by molar-refractivity contribution is -0.116. The molecule has 2 aromatic rings. The maximum Gasteiger partial charge on any atom is 0.354 e. The molecule has 0 bridgehead atoms. The fourth-order valence-electron chi connectivity index (χ4n) is 1.98. The van der Waals surface area contributed by atoms with Crippen molar-refractivity contribution in [1.82, 2.24) is 4.98 Å². The van der Waals surface area contributed by atoms with Gasteiger partial charge in [0.25, 0.3) is 0 Å². The highest BCUT2D eigenvalue weighted by Gasteiger charge is 2.15. The van der Waals surface area contributed by atoms with Crippen LogP contribution in [0.4, 0.5) is 5.69 Å². The molecule has 0 aliphatic heterocycles. The number of carbonyl (C=O) groups excluding carboxylic acids is 1. The van der Waals surface area contributed by atoms with Gasteiger partial charge in [0.2, 0.25) is 5.91 Å². The first-order chi connectivity index (χ1) is 9.95. The second kappa shape index (κ2) is 6.91. The molecular formula is C14H15BrN2O3S. The number of carboxylic acids is 1. The van der Waals surface area contributed by atoms with E-state index in [0.29, 0.717) is 17.8 Å². The number of hydrogen-bond acceptors (Lipinski definition) is 3. The molecule has 3 N–H and O–H groups in total. The summed E-state index contributed by atoms with van der Waals surface area (Å²) in [5.41, 5.74) is 1.04. The Bertz CT molecular complexity index is 663. The van der Waals surface area contributed by atoms with Crippen LogP contribution in [0, 0.1) is 6.92 Å². The molecule has 112 valence electrons. The van der Waals surface area contributed by atoms with Crippen LogP contribution in [0.15, 0.2) is 22.0 Å². The number of halogens is 1. The van der Waals surface area contributed by atoms with E-state index in [9.17, 15) is 9.59 Å². The summed E-state index contributed by atoms with van der Waals surface area (Å²) >= 11 is 5.06. The number of carboxylic acid groups (broad SMARTS) is 1. The van der Waals surface area contributed by atoms with E-state index in [2.05, 4.69) is 26.2 Å². The Labute approximate surface area is 134 Å². The summed E-state index contributed by atoms with van der Waals surface area (Å²) in [7, 11) is 0. The zero-order valence-corrected chi connectivity index (χ0v) is 13.8. The van der Waals surface area contributed by atoms with E-state index in [0.717, 1.165) is 16.6 Å². The first kappa shape index (κ1) is 15.8. The number of aromatic amines is 1. The minimum Gasteiger partial charge on any atom is -0.477 e. The number of nitrogens with one attached hydrogen (secondary N) is 2. The van der Waals surface area contributed by atoms with Gasteiger partial charge in [0.1, 0.15) is 5.69 Å². The van der Waals surface area contributed by atoms with Gasteiger partial charge in [0.15, 0.2) is 0 Å². The Kier molecular flexibility index (Phi) is 5.19. The molecular weight excluding hydrogens is 356 g/mol. The van der Waals surface area contributed by atoms with E-state index in [1.807, 2.05) is 12.1 Å². The topological polar surface area (TPSA) is 82.2 Å². The van der Waals surface area contributed by atoms with E-state index in [4.69, 9.17) is 5.11 Å². The van der Waals surface area contributed by atoms with Crippen molar-refractivity contribution in [3.8, 4) is 0 Å². The molecule has 21 heavy (non-hydrogen) atoms. The molecule has 2 heterocycles. The van der Waals surface area contributed by atoms with Gasteiger partial charge >= 0.3 is 5.97 Å². The molecule has 5 nitrogen and oxygen atoms in total. The Morgan fingerprint density at radius 2 is 2.19 bits per heavy atom. The summed E-state index contributed by atoms with van der Waals surface area (Å²) < 4.78 is 1.08. The van der Waals surface area contributed by atoms with Crippen molar-refractivity contribution >= 4 is 44.8 Å². The predicted octanol–water partition coefficient (Wildman–Crippen LogP) is 3.81. The number of aryl methyl sites for hydroxylation is 2. The van der Waals surface area contributed by atoms with Gasteiger partial charge in [-0.3, -0.25) is 4.79 Å². The summed E-state index contributed by atoms with van der Waals surface area (Å²) in [5.74, 6) is -1.26. The van der Waals surface area contributed by atoms with E-state index < -0.39 is 5.97 Å². The highest BCUT2D eigenvalue weighted by molar-refractivity contribution is 9.11. The normalized spacial score (nSPS) is 10.6. The van der Waals surface area contributed by atoms with Crippen LogP contribution in [0.25, 0.3) is 0 Å². The Morgan fingerprint density at radius 3 is 2.81 bits per heavy atom. The maximum atomic E-state index is 11.9. The number of thiophene rings is 1. The molecule has 1 amide bonds. The Balaban J connectivity index is 1.86. The molecule has 0 aliphatic carbocycles. The van der Waals surface area contributed by atoms with Crippen molar-refractivity contribution in [2.45, 2.75) is 26.2 Å². The third-order valence-corrected chi connectivity index (χ3v) is 4.58. The number of H-pyrrole nitrogens is 1. The molecule has 0 unspecified atom stereocenters. The standard InChI is InChI=1S/C14H15BrN2O3S/c1-8-7-10(13(16-8)14(19)20)17-12(18)4-2-3-9-5-6-11(15)21-9/h5-7,16H,2-4H2,1H3,(H,17,18)(H,19,20). The lowest BCUT2D eigenvalue weighted by Crippen LogP contribution is -2.13. The van der Waals surface area contributed by atoms with E-state index in [-0.39, 0.29) is 11.6 Å². The largest absolute Gasteiger partial charge is 0.477 e. The van der Waals surface area contributed by atoms with Gasteiger partial charge in [-0.1, -0.05) is 0 Å². The third-order valence-electron chi connectivity index (χ3n) is 2.90. The molecule has 0 aromatic carbocycles. The van der Waals surface area contributed by atoms with Crippen LogP contribution in [0.3, 0.4) is 0 Å². The fourth-order valence-corrected chi connectivity index (χ4v) is 3.50. The summed E-state index contributed by atoms with van der Waals surface area (Å²) in [6, 6.07) is 5.64. The summed E-state index contributed by atoms with van der Waals surface area (Å²) in [5, 5.41) is 11.7. The average Bonchev–Trinajstić information content (AvgIpc) is 2.96. The second-order valence-electron chi connectivity index (χ2n) is 4.65. The van der Waals surface area contributed by atoms with Gasteiger partial charge in [-0.2, -0.15) is 0 Å². The summed E-state index contributed by atoms with van der Waals surface area (Å²) in [4.78, 5) is 26.8. The van der Waals surface area contributed by atoms with Gasteiger partial charge in [-0.05, 0) is 53.9 Å². The minimum atomic E-state index is -1.08. The molecule has 7 heteroatoms. The number of hydrogen-bond donors (Lipinski definition) is 3. The molecule has 2 aromatic heterocycles. The number of rotatable bonds is 6. The Morgan fingerprint density at radius 1 is 1.43 bits per heavy atom. The lowest BCUT2D eigenvalue weighted by atomic mass is 10.2. The number of anilines is 1. The first-order valence-electron chi connectivity index (χ1n) is 6.42. The molecule has 0 radical (unpaired) electrons. The number of carbonyl (C=O) groups is 2. The van der Waals surface area contributed by atoms with Crippen molar-refractivity contribution < 1.29 is 14.7 Å². The fraction of sp³-hybridized carbons (Fsp3) is 0.286. The van der Waals surface area contributed by atoms with E-state index in [1.165, 1.54) is 4.88 Å². The number of aromatic carboxylic acids is 1. The molecule has 0 fully saturated rings. The van der Waals surface area contributed by atoms with Crippen LogP contribution in [0.5, 0.6) is 0 Å². The van der Waals surface area contributed by atoms with Gasteiger partial charge in [0, 0.05) is 17.0 Å². The van der Waals surface area contributed by atoms with Crippen LogP contribution >= 0.6 is 27.3 Å². The SMILES string of the molecule is Cc1cc(NC(=O)CCCc2ccc(Br)s2)c(C(=O)O)[nH]1. The molecule has 0 atom stereocenters. The summed E-state index contributed by atoms with van der Waals surface area (Å²) in [6.07, 6.45) is 1.92. The maximum absolute atomic E-state index is 11.9. The second-order valence-corrected chi connectivity index (χ2v) is 7.20. The van der Waals surface area contributed by atoms with Crippen LogP contribution in [0.1, 0.15) is 33.9 Å². The monoisotopic (exact) mass is 370 g/mol. The molecule has 2 rings (SSSR count). The Hall–Kier alpha value is -1.60. The smallest absolute Gasteiger partial charge is 0.354 e. The first-order valence-corrected chi connectivity index (χ1v) is 8.03. The zero-order valence-electron chi connectivity index (χ0n) is 11.4. The van der Waals surface area contributed by atoms with Crippen molar-refractivity contribution in [2.75, 3.05) is 5.32 Å². The van der Waals surface area contributed by atoms with E-state index >= 15 is 0 Å². The average molecular weight is 371 g/mol. The molecule has 0 saturated carbocycles. The van der Waals surface area contributed by atoms with E-state index in [1.54, 1.807) is 24.3 Å². The van der Waals surface area contributed by atoms with Crippen molar-refractivity contribution in [3.05, 3.63) is 38.3 Å². The quantitative estimate of drug-likeness (QED) is 0.722. The van der Waals surface area contributed by atoms with Gasteiger partial charge in [0.05, 0.1) is 9.47 Å². The van der Waals surface area contributed by atoms with Crippen LogP contribution in [0.2, 0.25) is 0 Å². The molecule has 0 aliphatic rings. The number of amides is 1. The molecule has 0 saturated heterocycles. The highest BCUT2D eigenvalue weighted by atomic mass is 79.9. The van der Waals surface area contributed by atoms with Crippen molar-refractivity contribution in [1.29, 1.82) is 0 Å². The van der Waals surface area contributed by atoms with Crippen LogP contribution in [-0.4, -0.2) is 22.0 Å². The van der Waals surface area contributed by atoms with Crippen molar-refractivity contribution in [3.63, 3.8) is 0 Å².